The van der Waals surface area contributed by atoms with Crippen molar-refractivity contribution in [2.45, 2.75) is 23.3 Å². The minimum absolute atomic E-state index is 0.0289. The lowest BCUT2D eigenvalue weighted by molar-refractivity contribution is -0.166. The Kier molecular flexibility index (Phi) is 1.15. The molecule has 0 bridgehead atoms. The minimum atomic E-state index is -0.0289. The maximum atomic E-state index is 11.7. The molecule has 3 rings (SSSR count). The highest BCUT2D eigenvalue weighted by Gasteiger charge is 2.80. The van der Waals surface area contributed by atoms with Crippen molar-refractivity contribution in [3.05, 3.63) is 0 Å². The molecule has 0 aromatic rings. The molecule has 0 aromatic carbocycles. The van der Waals surface area contributed by atoms with E-state index in [0.29, 0.717) is 11.2 Å². The lowest BCUT2D eigenvalue weighted by atomic mass is 9.75. The quantitative estimate of drug-likeness (QED) is 0.552. The van der Waals surface area contributed by atoms with Gasteiger partial charge in [-0.2, -0.15) is 0 Å². The summed E-state index contributed by atoms with van der Waals surface area (Å²) in [6.45, 7) is 5.27. The van der Waals surface area contributed by atoms with Gasteiger partial charge in [0.15, 0.2) is 4.20 Å². The molecule has 1 spiro atoms. The van der Waals surface area contributed by atoms with Gasteiger partial charge >= 0.3 is 0 Å². The topological polar surface area (TPSA) is 20.3 Å². The van der Waals surface area contributed by atoms with Gasteiger partial charge in [-0.15, -0.1) is 23.5 Å². The van der Waals surface area contributed by atoms with Gasteiger partial charge in [0.05, 0.1) is 0 Å². The molecule has 2 nitrogen and oxygen atoms in total. The molecule has 0 aromatic heterocycles. The zero-order chi connectivity index (χ0) is 8.56. The first-order chi connectivity index (χ1) is 5.63. The van der Waals surface area contributed by atoms with Crippen molar-refractivity contribution in [1.82, 2.24) is 4.90 Å². The molecule has 3 aliphatic rings. The third kappa shape index (κ3) is 0.459. The number of carbonyl (C=O) groups excluding carboxylic acids is 1. The summed E-state index contributed by atoms with van der Waals surface area (Å²) < 4.78 is 0.170. The SMILES string of the molecule is C[C@@H]1S[C@@]23SCCN2C(=O)[C@@]13C. The standard InChI is InChI=1S/C8H11NOS2/c1-5-7(2)6(10)9-3-4-11-8(7,9)12-5/h5H,3-4H2,1-2H3/t5-,7+,8+/m0/s1. The Bertz CT molecular complexity index is 282. The van der Waals surface area contributed by atoms with E-state index in [1.807, 2.05) is 23.5 Å². The van der Waals surface area contributed by atoms with Crippen LogP contribution in [0.4, 0.5) is 0 Å². The molecular formula is C8H11NOS2. The maximum Gasteiger partial charge on any atom is 0.235 e. The summed E-state index contributed by atoms with van der Waals surface area (Å²) in [5.74, 6) is 1.51. The van der Waals surface area contributed by atoms with Gasteiger partial charge in [0.25, 0.3) is 0 Å². The van der Waals surface area contributed by atoms with Crippen LogP contribution in [-0.2, 0) is 4.79 Å². The van der Waals surface area contributed by atoms with E-state index in [1.165, 1.54) is 0 Å². The Morgan fingerprint density at radius 3 is 3.08 bits per heavy atom. The van der Waals surface area contributed by atoms with Crippen molar-refractivity contribution >= 4 is 29.4 Å². The Morgan fingerprint density at radius 1 is 1.67 bits per heavy atom. The summed E-state index contributed by atoms with van der Waals surface area (Å²) in [5, 5.41) is 0.520. The zero-order valence-corrected chi connectivity index (χ0v) is 8.80. The summed E-state index contributed by atoms with van der Waals surface area (Å²) in [5.41, 5.74) is -0.0289. The lowest BCUT2D eigenvalue weighted by Gasteiger charge is -2.69. The van der Waals surface area contributed by atoms with Crippen molar-refractivity contribution < 1.29 is 4.79 Å². The second-order valence-corrected chi connectivity index (χ2v) is 6.93. The fourth-order valence-electron chi connectivity index (χ4n) is 2.48. The summed E-state index contributed by atoms with van der Waals surface area (Å²) in [6, 6.07) is 0. The Morgan fingerprint density at radius 2 is 2.42 bits per heavy atom. The third-order valence-electron chi connectivity index (χ3n) is 3.46. The van der Waals surface area contributed by atoms with Gasteiger partial charge in [-0.25, -0.2) is 0 Å². The van der Waals surface area contributed by atoms with Crippen LogP contribution in [0.25, 0.3) is 0 Å². The van der Waals surface area contributed by atoms with E-state index >= 15 is 0 Å². The van der Waals surface area contributed by atoms with Crippen LogP contribution in [-0.4, -0.2) is 32.6 Å². The summed E-state index contributed by atoms with van der Waals surface area (Å²) >= 11 is 3.93. The number of amides is 1. The molecule has 0 radical (unpaired) electrons. The second kappa shape index (κ2) is 1.82. The number of hydrogen-bond donors (Lipinski definition) is 0. The average Bonchev–Trinajstić information content (AvgIpc) is 2.47. The average molecular weight is 201 g/mol. The van der Waals surface area contributed by atoms with Crippen LogP contribution in [0.1, 0.15) is 13.8 Å². The Balaban J connectivity index is 2.05. The Labute approximate surface area is 80.4 Å². The molecule has 0 aliphatic carbocycles. The molecule has 3 atom stereocenters. The normalized spacial score (nSPS) is 55.7. The van der Waals surface area contributed by atoms with Crippen molar-refractivity contribution in [1.29, 1.82) is 0 Å². The predicted octanol–water partition coefficient (Wildman–Crippen LogP) is 1.37. The van der Waals surface area contributed by atoms with E-state index in [2.05, 4.69) is 18.7 Å². The van der Waals surface area contributed by atoms with Gasteiger partial charge in [-0.3, -0.25) is 4.79 Å². The van der Waals surface area contributed by atoms with Gasteiger partial charge in [-0.1, -0.05) is 6.92 Å². The van der Waals surface area contributed by atoms with Crippen LogP contribution in [0.3, 0.4) is 0 Å². The lowest BCUT2D eigenvalue weighted by Crippen LogP contribution is -2.80. The number of nitrogens with zero attached hydrogens (tertiary/aromatic N) is 1. The van der Waals surface area contributed by atoms with E-state index in [-0.39, 0.29) is 9.62 Å². The molecule has 3 heterocycles. The Hall–Kier alpha value is 0.170. The van der Waals surface area contributed by atoms with Crippen LogP contribution in [0.2, 0.25) is 0 Å². The fourth-order valence-corrected chi connectivity index (χ4v) is 6.56. The first-order valence-electron chi connectivity index (χ1n) is 4.27. The van der Waals surface area contributed by atoms with Gasteiger partial charge in [-0.05, 0) is 6.92 Å². The molecule has 3 aliphatic heterocycles. The summed E-state index contributed by atoms with van der Waals surface area (Å²) in [4.78, 5) is 13.8. The van der Waals surface area contributed by atoms with Crippen molar-refractivity contribution in [2.24, 2.45) is 5.41 Å². The summed E-state index contributed by atoms with van der Waals surface area (Å²) in [6.07, 6.45) is 0. The minimum Gasteiger partial charge on any atom is -0.316 e. The van der Waals surface area contributed by atoms with Crippen molar-refractivity contribution in [3.8, 4) is 0 Å². The van der Waals surface area contributed by atoms with E-state index < -0.39 is 0 Å². The van der Waals surface area contributed by atoms with E-state index in [4.69, 9.17) is 0 Å². The van der Waals surface area contributed by atoms with Gasteiger partial charge in [0, 0.05) is 17.5 Å². The molecule has 66 valence electrons. The van der Waals surface area contributed by atoms with Crippen LogP contribution < -0.4 is 0 Å². The van der Waals surface area contributed by atoms with E-state index in [1.54, 1.807) is 0 Å². The molecule has 1 amide bonds. The van der Waals surface area contributed by atoms with E-state index in [0.717, 1.165) is 12.3 Å². The van der Waals surface area contributed by atoms with Crippen LogP contribution in [0.15, 0.2) is 0 Å². The number of carbonyl (C=O) groups is 1. The van der Waals surface area contributed by atoms with Crippen LogP contribution in [0.5, 0.6) is 0 Å². The number of hydrogen-bond acceptors (Lipinski definition) is 3. The number of β-lactam (4-membered cyclic amide) rings is 1. The number of thioether (sulfide) groups is 2. The van der Waals surface area contributed by atoms with Gasteiger partial charge in [0.2, 0.25) is 5.91 Å². The zero-order valence-electron chi connectivity index (χ0n) is 7.16. The molecule has 4 heteroatoms. The first-order valence-corrected chi connectivity index (χ1v) is 6.13. The van der Waals surface area contributed by atoms with Crippen LogP contribution in [0, 0.1) is 5.41 Å². The maximum absolute atomic E-state index is 11.7. The smallest absolute Gasteiger partial charge is 0.235 e. The molecule has 3 fully saturated rings. The van der Waals surface area contributed by atoms with Crippen LogP contribution >= 0.6 is 23.5 Å². The van der Waals surface area contributed by atoms with E-state index in [9.17, 15) is 4.79 Å². The molecule has 0 unspecified atom stereocenters. The molecule has 0 N–H and O–H groups in total. The number of rotatable bonds is 0. The highest BCUT2D eigenvalue weighted by Crippen LogP contribution is 2.76. The highest BCUT2D eigenvalue weighted by molar-refractivity contribution is 8.20. The van der Waals surface area contributed by atoms with Gasteiger partial charge in [0.1, 0.15) is 5.41 Å². The summed E-state index contributed by atoms with van der Waals surface area (Å²) in [7, 11) is 0. The van der Waals surface area contributed by atoms with Crippen molar-refractivity contribution in [2.75, 3.05) is 12.3 Å². The van der Waals surface area contributed by atoms with Crippen molar-refractivity contribution in [3.63, 3.8) is 0 Å². The highest BCUT2D eigenvalue weighted by atomic mass is 32.2. The molecule has 0 saturated carbocycles. The monoisotopic (exact) mass is 201 g/mol. The first kappa shape index (κ1) is 7.56. The molecular weight excluding hydrogens is 190 g/mol. The molecule has 12 heavy (non-hydrogen) atoms. The largest absolute Gasteiger partial charge is 0.316 e. The second-order valence-electron chi connectivity index (χ2n) is 3.85. The molecule has 3 saturated heterocycles. The fraction of sp³-hybridized carbons (Fsp3) is 0.875. The third-order valence-corrected chi connectivity index (χ3v) is 7.32. The predicted molar refractivity (Wildman–Crippen MR) is 52.1 cm³/mol. The van der Waals surface area contributed by atoms with Gasteiger partial charge < -0.3 is 4.90 Å².